The van der Waals surface area contributed by atoms with Crippen LogP contribution >= 0.6 is 0 Å². The molecular weight excluding hydrogens is 212 g/mol. The van der Waals surface area contributed by atoms with Gasteiger partial charge in [0.05, 0.1) is 6.04 Å². The molecule has 0 bridgehead atoms. The van der Waals surface area contributed by atoms with Gasteiger partial charge in [-0.25, -0.2) is 0 Å². The van der Waals surface area contributed by atoms with E-state index in [4.69, 9.17) is 5.73 Å². The Labute approximate surface area is 103 Å². The van der Waals surface area contributed by atoms with E-state index in [2.05, 4.69) is 12.2 Å². The summed E-state index contributed by atoms with van der Waals surface area (Å²) in [6.07, 6.45) is 3.60. The first-order valence-electron chi connectivity index (χ1n) is 6.29. The van der Waals surface area contributed by atoms with Gasteiger partial charge in [-0.2, -0.15) is 0 Å². The lowest BCUT2D eigenvalue weighted by Crippen LogP contribution is -2.26. The van der Waals surface area contributed by atoms with Gasteiger partial charge in [0.2, 0.25) is 0 Å². The van der Waals surface area contributed by atoms with Gasteiger partial charge in [-0.15, -0.1) is 0 Å². The molecule has 0 radical (unpaired) electrons. The lowest BCUT2D eigenvalue weighted by Gasteiger charge is -2.09. The number of hydrogen-bond acceptors (Lipinski definition) is 3. The molecule has 0 heterocycles. The van der Waals surface area contributed by atoms with Gasteiger partial charge >= 0.3 is 0 Å². The number of Topliss-reactive ketones (excluding diaryl/α,β-unsaturated/α-hetero) is 1. The predicted octanol–water partition coefficient (Wildman–Crippen LogP) is 2.82. The van der Waals surface area contributed by atoms with Crippen molar-refractivity contribution < 1.29 is 4.79 Å². The van der Waals surface area contributed by atoms with E-state index < -0.39 is 6.04 Å². The van der Waals surface area contributed by atoms with Gasteiger partial charge in [0.1, 0.15) is 0 Å². The van der Waals surface area contributed by atoms with Gasteiger partial charge in [0, 0.05) is 17.8 Å². The van der Waals surface area contributed by atoms with Crippen LogP contribution in [0.3, 0.4) is 0 Å². The number of nitrogens with two attached hydrogens (primary N) is 1. The highest BCUT2D eigenvalue weighted by molar-refractivity contribution is 6.00. The summed E-state index contributed by atoms with van der Waals surface area (Å²) in [5, 5.41) is 3.32. The minimum Gasteiger partial charge on any atom is -0.385 e. The predicted molar refractivity (Wildman–Crippen MR) is 72.4 cm³/mol. The third-order valence-electron chi connectivity index (χ3n) is 2.67. The Morgan fingerprint density at radius 3 is 2.82 bits per heavy atom. The Morgan fingerprint density at radius 1 is 1.41 bits per heavy atom. The number of benzene rings is 1. The van der Waals surface area contributed by atoms with Crippen LogP contribution in [0.25, 0.3) is 0 Å². The molecule has 1 rings (SSSR count). The largest absolute Gasteiger partial charge is 0.385 e. The van der Waals surface area contributed by atoms with E-state index in [9.17, 15) is 4.79 Å². The molecule has 0 saturated carbocycles. The number of ketones is 1. The number of anilines is 1. The van der Waals surface area contributed by atoms with Gasteiger partial charge in [-0.3, -0.25) is 4.79 Å². The minimum atomic E-state index is -0.439. The summed E-state index contributed by atoms with van der Waals surface area (Å²) in [6.45, 7) is 4.84. The highest BCUT2D eigenvalue weighted by atomic mass is 16.1. The van der Waals surface area contributed by atoms with Gasteiger partial charge in [0.15, 0.2) is 5.78 Å². The number of nitrogens with one attached hydrogen (secondary N) is 1. The number of unbranched alkanes of at least 4 members (excludes halogenated alkanes) is 2. The molecule has 94 valence electrons. The maximum atomic E-state index is 11.7. The molecule has 1 aromatic rings. The molecule has 3 N–H and O–H groups in total. The third kappa shape index (κ3) is 4.57. The van der Waals surface area contributed by atoms with Crippen LogP contribution < -0.4 is 11.1 Å². The summed E-state index contributed by atoms with van der Waals surface area (Å²) >= 11 is 0. The average molecular weight is 234 g/mol. The van der Waals surface area contributed by atoms with Gasteiger partial charge in [-0.1, -0.05) is 31.9 Å². The zero-order valence-corrected chi connectivity index (χ0v) is 10.7. The summed E-state index contributed by atoms with van der Waals surface area (Å²) in [4.78, 5) is 11.7. The zero-order valence-electron chi connectivity index (χ0n) is 10.7. The maximum Gasteiger partial charge on any atom is 0.179 e. The molecule has 0 amide bonds. The standard InChI is InChI=1S/C14H22N2O/c1-3-4-5-9-16-13-8-6-7-12(10-13)14(17)11(2)15/h6-8,10-11,16H,3-5,9,15H2,1-2H3. The Bertz CT molecular complexity index is 361. The summed E-state index contributed by atoms with van der Waals surface area (Å²) in [5.41, 5.74) is 7.26. The summed E-state index contributed by atoms with van der Waals surface area (Å²) in [5.74, 6) is -0.0118. The molecule has 17 heavy (non-hydrogen) atoms. The maximum absolute atomic E-state index is 11.7. The topological polar surface area (TPSA) is 55.1 Å². The van der Waals surface area contributed by atoms with Crippen molar-refractivity contribution in [2.45, 2.75) is 39.2 Å². The van der Waals surface area contributed by atoms with Crippen LogP contribution in [-0.2, 0) is 0 Å². The molecule has 1 unspecified atom stereocenters. The molecule has 1 aromatic carbocycles. The van der Waals surface area contributed by atoms with E-state index in [0.29, 0.717) is 5.56 Å². The van der Waals surface area contributed by atoms with Gasteiger partial charge < -0.3 is 11.1 Å². The van der Waals surface area contributed by atoms with Crippen molar-refractivity contribution in [3.63, 3.8) is 0 Å². The van der Waals surface area contributed by atoms with E-state index in [-0.39, 0.29) is 5.78 Å². The monoisotopic (exact) mass is 234 g/mol. The van der Waals surface area contributed by atoms with E-state index in [1.54, 1.807) is 6.92 Å². The number of carbonyl (C=O) groups excluding carboxylic acids is 1. The van der Waals surface area contributed by atoms with Crippen molar-refractivity contribution in [2.24, 2.45) is 5.73 Å². The number of carbonyl (C=O) groups is 1. The molecule has 3 heteroatoms. The lowest BCUT2D eigenvalue weighted by atomic mass is 10.1. The summed E-state index contributed by atoms with van der Waals surface area (Å²) in [7, 11) is 0. The van der Waals surface area contributed by atoms with E-state index in [0.717, 1.165) is 18.7 Å². The first-order valence-corrected chi connectivity index (χ1v) is 6.29. The first-order chi connectivity index (χ1) is 8.15. The molecule has 0 aliphatic rings. The Morgan fingerprint density at radius 2 is 2.18 bits per heavy atom. The fourth-order valence-electron chi connectivity index (χ4n) is 1.65. The second kappa shape index (κ2) is 7.07. The molecule has 0 saturated heterocycles. The molecule has 0 spiro atoms. The normalized spacial score (nSPS) is 12.2. The van der Waals surface area contributed by atoms with E-state index in [1.165, 1.54) is 12.8 Å². The molecule has 0 aromatic heterocycles. The highest BCUT2D eigenvalue weighted by Gasteiger charge is 2.10. The zero-order chi connectivity index (χ0) is 12.7. The van der Waals surface area contributed by atoms with Crippen LogP contribution in [0.4, 0.5) is 5.69 Å². The van der Waals surface area contributed by atoms with E-state index >= 15 is 0 Å². The van der Waals surface area contributed by atoms with Crippen molar-refractivity contribution in [1.82, 2.24) is 0 Å². The van der Waals surface area contributed by atoms with Crippen LogP contribution in [0.15, 0.2) is 24.3 Å². The molecular formula is C14H22N2O. The van der Waals surface area contributed by atoms with Crippen molar-refractivity contribution >= 4 is 11.5 Å². The third-order valence-corrected chi connectivity index (χ3v) is 2.67. The van der Waals surface area contributed by atoms with Crippen molar-refractivity contribution in [3.8, 4) is 0 Å². The quantitative estimate of drug-likeness (QED) is 0.563. The van der Waals surface area contributed by atoms with Gasteiger partial charge in [0.25, 0.3) is 0 Å². The van der Waals surface area contributed by atoms with Crippen molar-refractivity contribution in [2.75, 3.05) is 11.9 Å². The average Bonchev–Trinajstić information content (AvgIpc) is 2.34. The van der Waals surface area contributed by atoms with Crippen LogP contribution in [0.1, 0.15) is 43.5 Å². The molecule has 0 fully saturated rings. The Kier molecular flexibility index (Phi) is 5.70. The number of rotatable bonds is 7. The number of hydrogen-bond donors (Lipinski definition) is 2. The summed E-state index contributed by atoms with van der Waals surface area (Å²) in [6, 6.07) is 7.10. The van der Waals surface area contributed by atoms with Crippen LogP contribution in [0, 0.1) is 0 Å². The molecule has 3 nitrogen and oxygen atoms in total. The second-order valence-electron chi connectivity index (χ2n) is 4.37. The second-order valence-corrected chi connectivity index (χ2v) is 4.37. The highest BCUT2D eigenvalue weighted by Crippen LogP contribution is 2.12. The van der Waals surface area contributed by atoms with Crippen LogP contribution in [0.2, 0.25) is 0 Å². The smallest absolute Gasteiger partial charge is 0.179 e. The Balaban J connectivity index is 2.57. The molecule has 0 aliphatic carbocycles. The van der Waals surface area contributed by atoms with E-state index in [1.807, 2.05) is 24.3 Å². The van der Waals surface area contributed by atoms with Gasteiger partial charge in [-0.05, 0) is 25.5 Å². The Hall–Kier alpha value is -1.35. The fourth-order valence-corrected chi connectivity index (χ4v) is 1.65. The molecule has 0 aliphatic heterocycles. The lowest BCUT2D eigenvalue weighted by molar-refractivity contribution is 0.0968. The van der Waals surface area contributed by atoms with Crippen molar-refractivity contribution in [1.29, 1.82) is 0 Å². The molecule has 1 atom stereocenters. The van der Waals surface area contributed by atoms with Crippen LogP contribution in [0.5, 0.6) is 0 Å². The van der Waals surface area contributed by atoms with Crippen LogP contribution in [-0.4, -0.2) is 18.4 Å². The van der Waals surface area contributed by atoms with Crippen molar-refractivity contribution in [3.05, 3.63) is 29.8 Å². The summed E-state index contributed by atoms with van der Waals surface area (Å²) < 4.78 is 0. The first kappa shape index (κ1) is 13.7. The SMILES string of the molecule is CCCCCNc1cccc(C(=O)C(C)N)c1. The minimum absolute atomic E-state index is 0.0118. The fraction of sp³-hybridized carbons (Fsp3) is 0.500.